The Morgan fingerprint density at radius 2 is 1.76 bits per heavy atom. The summed E-state index contributed by atoms with van der Waals surface area (Å²) in [5.41, 5.74) is 0.449. The number of rotatable bonds is 3. The maximum atomic E-state index is 13.0. The van der Waals surface area contributed by atoms with Crippen LogP contribution in [0.1, 0.15) is 18.1 Å². The van der Waals surface area contributed by atoms with E-state index in [9.17, 15) is 9.59 Å². The summed E-state index contributed by atoms with van der Waals surface area (Å²) < 4.78 is 11.1. The van der Waals surface area contributed by atoms with E-state index in [1.165, 1.54) is 4.90 Å². The number of hydrogen-bond acceptors (Lipinski definition) is 4. The van der Waals surface area contributed by atoms with E-state index >= 15 is 0 Å². The van der Waals surface area contributed by atoms with Gasteiger partial charge in [0.15, 0.2) is 11.5 Å². The zero-order valence-electron chi connectivity index (χ0n) is 13.8. The maximum absolute atomic E-state index is 13.0. The van der Waals surface area contributed by atoms with Crippen molar-refractivity contribution >= 4 is 11.9 Å². The molecule has 0 spiro atoms. The molecule has 2 aromatic carbocycles. The molecule has 0 bridgehead atoms. The number of urea groups is 1. The largest absolute Gasteiger partial charge is 0.486 e. The van der Waals surface area contributed by atoms with Gasteiger partial charge in [-0.3, -0.25) is 9.69 Å². The number of amides is 3. The van der Waals surface area contributed by atoms with E-state index in [2.05, 4.69) is 5.32 Å². The lowest BCUT2D eigenvalue weighted by atomic mass is 9.91. The normalized spacial score (nSPS) is 22.0. The Morgan fingerprint density at radius 1 is 1.04 bits per heavy atom. The van der Waals surface area contributed by atoms with Gasteiger partial charge in [0.2, 0.25) is 0 Å². The van der Waals surface area contributed by atoms with Crippen molar-refractivity contribution in [1.82, 2.24) is 10.2 Å². The van der Waals surface area contributed by atoms with Crippen molar-refractivity contribution in [2.24, 2.45) is 0 Å². The summed E-state index contributed by atoms with van der Waals surface area (Å²) in [6.07, 6.45) is 0. The van der Waals surface area contributed by atoms with Gasteiger partial charge in [0.25, 0.3) is 5.91 Å². The van der Waals surface area contributed by atoms with Gasteiger partial charge in [-0.15, -0.1) is 0 Å². The summed E-state index contributed by atoms with van der Waals surface area (Å²) in [7, 11) is 0. The number of benzene rings is 2. The highest BCUT2D eigenvalue weighted by Gasteiger charge is 2.49. The molecule has 0 radical (unpaired) electrons. The van der Waals surface area contributed by atoms with E-state index in [0.717, 1.165) is 5.56 Å². The van der Waals surface area contributed by atoms with Crippen LogP contribution in [0.4, 0.5) is 4.79 Å². The first kappa shape index (κ1) is 15.5. The number of carbonyl (C=O) groups excluding carboxylic acids is 2. The van der Waals surface area contributed by atoms with Crippen molar-refractivity contribution in [2.75, 3.05) is 13.2 Å². The minimum Gasteiger partial charge on any atom is -0.486 e. The highest BCUT2D eigenvalue weighted by molar-refractivity contribution is 6.07. The summed E-state index contributed by atoms with van der Waals surface area (Å²) >= 11 is 0. The van der Waals surface area contributed by atoms with E-state index in [1.807, 2.05) is 30.3 Å². The highest BCUT2D eigenvalue weighted by atomic mass is 16.6. The van der Waals surface area contributed by atoms with Crippen molar-refractivity contribution in [3.63, 3.8) is 0 Å². The molecule has 2 aromatic rings. The van der Waals surface area contributed by atoms with Gasteiger partial charge in [-0.05, 0) is 30.2 Å². The van der Waals surface area contributed by atoms with Gasteiger partial charge in [0.05, 0.1) is 6.54 Å². The highest BCUT2D eigenvalue weighted by Crippen LogP contribution is 2.37. The lowest BCUT2D eigenvalue weighted by molar-refractivity contribution is -0.131. The summed E-state index contributed by atoms with van der Waals surface area (Å²) in [6.45, 7) is 2.92. The van der Waals surface area contributed by atoms with Crippen LogP contribution in [-0.2, 0) is 16.9 Å². The van der Waals surface area contributed by atoms with E-state index in [-0.39, 0.29) is 12.5 Å². The van der Waals surface area contributed by atoms with Gasteiger partial charge < -0.3 is 14.8 Å². The molecule has 25 heavy (non-hydrogen) atoms. The van der Waals surface area contributed by atoms with Gasteiger partial charge in [0.1, 0.15) is 18.8 Å². The van der Waals surface area contributed by atoms with Crippen molar-refractivity contribution in [2.45, 2.75) is 19.0 Å². The number of nitrogens with zero attached hydrogens (tertiary/aromatic N) is 1. The Hall–Kier alpha value is -3.02. The molecular weight excluding hydrogens is 320 g/mol. The SMILES string of the molecule is CC1(c2ccc3c(c2)OCCO3)NC(=O)N(Cc2ccccc2)C1=O. The van der Waals surface area contributed by atoms with Gasteiger partial charge >= 0.3 is 6.03 Å². The van der Waals surface area contributed by atoms with E-state index in [4.69, 9.17) is 9.47 Å². The molecule has 1 fully saturated rings. The molecule has 2 heterocycles. The average Bonchev–Trinajstić information content (AvgIpc) is 2.86. The van der Waals surface area contributed by atoms with Crippen LogP contribution >= 0.6 is 0 Å². The molecule has 0 aromatic heterocycles. The summed E-state index contributed by atoms with van der Waals surface area (Å²) in [4.78, 5) is 26.6. The molecule has 0 saturated carbocycles. The van der Waals surface area contributed by atoms with Gasteiger partial charge in [-0.25, -0.2) is 4.79 Å². The Morgan fingerprint density at radius 3 is 2.52 bits per heavy atom. The smallest absolute Gasteiger partial charge is 0.325 e. The standard InChI is InChI=1S/C19H18N2O4/c1-19(14-7-8-15-16(11-14)25-10-9-24-15)17(22)21(18(23)20-19)12-13-5-3-2-4-6-13/h2-8,11H,9-10,12H2,1H3,(H,20,23). The number of carbonyl (C=O) groups is 2. The van der Waals surface area contributed by atoms with E-state index < -0.39 is 11.6 Å². The molecule has 1 saturated heterocycles. The second kappa shape index (κ2) is 5.81. The van der Waals surface area contributed by atoms with E-state index in [0.29, 0.717) is 30.3 Å². The molecule has 6 nitrogen and oxygen atoms in total. The minimum absolute atomic E-state index is 0.242. The van der Waals surface area contributed by atoms with Crippen molar-refractivity contribution in [1.29, 1.82) is 0 Å². The number of hydrogen-bond donors (Lipinski definition) is 1. The summed E-state index contributed by atoms with van der Waals surface area (Å²) in [6, 6.07) is 14.4. The third-order valence-electron chi connectivity index (χ3n) is 4.58. The monoisotopic (exact) mass is 338 g/mol. The van der Waals surface area contributed by atoms with E-state index in [1.54, 1.807) is 25.1 Å². The summed E-state index contributed by atoms with van der Waals surface area (Å²) in [5, 5.41) is 2.81. The van der Waals surface area contributed by atoms with Gasteiger partial charge in [-0.2, -0.15) is 0 Å². The fourth-order valence-electron chi connectivity index (χ4n) is 3.16. The van der Waals surface area contributed by atoms with Gasteiger partial charge in [-0.1, -0.05) is 36.4 Å². The van der Waals surface area contributed by atoms with Crippen LogP contribution in [0.2, 0.25) is 0 Å². The third kappa shape index (κ3) is 2.59. The zero-order chi connectivity index (χ0) is 17.4. The Balaban J connectivity index is 1.64. The van der Waals surface area contributed by atoms with Crippen molar-refractivity contribution in [3.8, 4) is 11.5 Å². The quantitative estimate of drug-likeness (QED) is 0.873. The number of nitrogens with one attached hydrogen (secondary N) is 1. The van der Waals surface area contributed by atoms with Crippen molar-refractivity contribution < 1.29 is 19.1 Å². The van der Waals surface area contributed by atoms with Crippen LogP contribution in [-0.4, -0.2) is 30.1 Å². The lowest BCUT2D eigenvalue weighted by Gasteiger charge is -2.25. The van der Waals surface area contributed by atoms with Crippen LogP contribution in [0.5, 0.6) is 11.5 Å². The predicted molar refractivity (Wildman–Crippen MR) is 90.3 cm³/mol. The van der Waals surface area contributed by atoms with Crippen molar-refractivity contribution in [3.05, 3.63) is 59.7 Å². The molecule has 1 unspecified atom stereocenters. The zero-order valence-corrected chi connectivity index (χ0v) is 13.8. The lowest BCUT2D eigenvalue weighted by Crippen LogP contribution is -2.41. The first-order valence-electron chi connectivity index (χ1n) is 8.16. The molecule has 2 aliphatic heterocycles. The second-order valence-corrected chi connectivity index (χ2v) is 6.29. The Labute approximate surface area is 145 Å². The molecule has 1 atom stereocenters. The Kier molecular flexibility index (Phi) is 3.60. The first-order chi connectivity index (χ1) is 12.1. The molecule has 3 amide bonds. The van der Waals surface area contributed by atoms with Crippen LogP contribution in [0, 0.1) is 0 Å². The van der Waals surface area contributed by atoms with Crippen LogP contribution in [0.25, 0.3) is 0 Å². The molecule has 4 rings (SSSR count). The second-order valence-electron chi connectivity index (χ2n) is 6.29. The summed E-state index contributed by atoms with van der Waals surface area (Å²) in [5.74, 6) is 0.961. The number of fused-ring (bicyclic) bond motifs is 1. The molecule has 1 N–H and O–H groups in total. The third-order valence-corrected chi connectivity index (χ3v) is 4.58. The topological polar surface area (TPSA) is 67.9 Å². The fraction of sp³-hybridized carbons (Fsp3) is 0.263. The first-order valence-corrected chi connectivity index (χ1v) is 8.16. The van der Waals surface area contributed by atoms with Crippen LogP contribution in [0.15, 0.2) is 48.5 Å². The maximum Gasteiger partial charge on any atom is 0.325 e. The average molecular weight is 338 g/mol. The number of ether oxygens (including phenoxy) is 2. The molecular formula is C19H18N2O4. The number of imide groups is 1. The fourth-order valence-corrected chi connectivity index (χ4v) is 3.16. The van der Waals surface area contributed by atoms with Crippen LogP contribution < -0.4 is 14.8 Å². The molecule has 2 aliphatic rings. The molecule has 128 valence electrons. The van der Waals surface area contributed by atoms with Gasteiger partial charge in [0, 0.05) is 0 Å². The molecule has 6 heteroatoms. The Bertz CT molecular complexity index is 837. The molecule has 0 aliphatic carbocycles. The minimum atomic E-state index is -1.12. The predicted octanol–water partition coefficient (Wildman–Crippen LogP) is 2.42. The van der Waals surface area contributed by atoms with Crippen LogP contribution in [0.3, 0.4) is 0 Å².